The zero-order valence-electron chi connectivity index (χ0n) is 6.80. The molecule has 0 saturated heterocycles. The van der Waals surface area contributed by atoms with Crippen molar-refractivity contribution in [1.82, 2.24) is 0 Å². The van der Waals surface area contributed by atoms with Gasteiger partial charge < -0.3 is 10.5 Å². The molecule has 14 heavy (non-hydrogen) atoms. The Morgan fingerprint density at radius 1 is 1.50 bits per heavy atom. The number of alkyl halides is 2. The van der Waals surface area contributed by atoms with Crippen LogP contribution < -0.4 is 10.5 Å². The molecule has 0 radical (unpaired) electrons. The Kier molecular flexibility index (Phi) is 3.10. The first-order chi connectivity index (χ1) is 6.54. The molecule has 0 amide bonds. The predicted molar refractivity (Wildman–Crippen MR) is 47.2 cm³/mol. The molecule has 1 aromatic rings. The van der Waals surface area contributed by atoms with E-state index in [2.05, 4.69) is 4.74 Å². The molecule has 0 heterocycles. The van der Waals surface area contributed by atoms with E-state index >= 15 is 0 Å². The Labute approximate surface area is 83.6 Å². The fourth-order valence-electron chi connectivity index (χ4n) is 0.879. The molecular weight excluding hydrogens is 214 g/mol. The van der Waals surface area contributed by atoms with Gasteiger partial charge in [-0.05, 0) is 6.07 Å². The lowest BCUT2D eigenvalue weighted by Gasteiger charge is -2.08. The molecule has 0 aliphatic carbocycles. The number of nitrogens with two attached hydrogens (primary N) is 1. The number of anilines is 1. The summed E-state index contributed by atoms with van der Waals surface area (Å²) in [5, 5.41) is 8.69. The van der Waals surface area contributed by atoms with Gasteiger partial charge in [0.05, 0.1) is 11.3 Å². The van der Waals surface area contributed by atoms with E-state index in [1.807, 2.05) is 0 Å². The molecule has 6 heteroatoms. The Morgan fingerprint density at radius 3 is 2.64 bits per heavy atom. The highest BCUT2D eigenvalue weighted by Crippen LogP contribution is 2.30. The minimum atomic E-state index is -3.00. The summed E-state index contributed by atoms with van der Waals surface area (Å²) >= 11 is 5.55. The fraction of sp³-hybridized carbons (Fsp3) is 0.125. The first kappa shape index (κ1) is 10.5. The number of rotatable bonds is 2. The summed E-state index contributed by atoms with van der Waals surface area (Å²) in [6.45, 7) is -3.00. The van der Waals surface area contributed by atoms with Crippen LogP contribution in [0.3, 0.4) is 0 Å². The van der Waals surface area contributed by atoms with Crippen LogP contribution in [-0.4, -0.2) is 6.61 Å². The molecular formula is C8H5ClF2N2O. The summed E-state index contributed by atoms with van der Waals surface area (Å²) in [6, 6.07) is 4.12. The molecule has 0 fully saturated rings. The monoisotopic (exact) mass is 218 g/mol. The molecule has 74 valence electrons. The summed E-state index contributed by atoms with van der Waals surface area (Å²) < 4.78 is 27.8. The molecule has 2 N–H and O–H groups in total. The number of benzene rings is 1. The van der Waals surface area contributed by atoms with E-state index in [4.69, 9.17) is 22.6 Å². The topological polar surface area (TPSA) is 59.0 Å². The van der Waals surface area contributed by atoms with E-state index in [0.29, 0.717) is 0 Å². The number of hydrogen-bond donors (Lipinski definition) is 1. The molecule has 0 spiro atoms. The zero-order valence-corrected chi connectivity index (χ0v) is 7.55. The highest BCUT2D eigenvalue weighted by atomic mass is 35.5. The van der Waals surface area contributed by atoms with E-state index in [-0.39, 0.29) is 22.0 Å². The van der Waals surface area contributed by atoms with Crippen molar-refractivity contribution < 1.29 is 13.5 Å². The van der Waals surface area contributed by atoms with Crippen LogP contribution in [0.4, 0.5) is 14.5 Å². The van der Waals surface area contributed by atoms with Gasteiger partial charge in [0, 0.05) is 11.1 Å². The van der Waals surface area contributed by atoms with Gasteiger partial charge >= 0.3 is 6.61 Å². The van der Waals surface area contributed by atoms with E-state index in [9.17, 15) is 8.78 Å². The van der Waals surface area contributed by atoms with Gasteiger partial charge in [0.15, 0.2) is 5.75 Å². The van der Waals surface area contributed by atoms with Crippen molar-refractivity contribution in [3.8, 4) is 11.8 Å². The second kappa shape index (κ2) is 4.11. The van der Waals surface area contributed by atoms with Gasteiger partial charge in [0.2, 0.25) is 0 Å². The molecule has 0 bridgehead atoms. The van der Waals surface area contributed by atoms with Crippen molar-refractivity contribution in [3.05, 3.63) is 22.7 Å². The van der Waals surface area contributed by atoms with E-state index in [1.54, 1.807) is 6.07 Å². The molecule has 0 aliphatic heterocycles. The van der Waals surface area contributed by atoms with Crippen molar-refractivity contribution in [1.29, 1.82) is 5.26 Å². The first-order valence-corrected chi connectivity index (χ1v) is 3.86. The van der Waals surface area contributed by atoms with E-state index in [0.717, 1.165) is 6.07 Å². The summed E-state index contributed by atoms with van der Waals surface area (Å²) in [6.07, 6.45) is 0. The standard InChI is InChI=1S/C8H5ClF2N2O/c9-5-1-4(3-12)7(13)6(2-5)14-8(10)11/h1-2,8H,13H2. The third-order valence-corrected chi connectivity index (χ3v) is 1.66. The number of nitrogen functional groups attached to an aromatic ring is 1. The maximum Gasteiger partial charge on any atom is 0.387 e. The Balaban J connectivity index is 3.17. The lowest BCUT2D eigenvalue weighted by atomic mass is 10.2. The van der Waals surface area contributed by atoms with Crippen molar-refractivity contribution in [2.75, 3.05) is 5.73 Å². The van der Waals surface area contributed by atoms with Crippen LogP contribution in [0.25, 0.3) is 0 Å². The molecule has 1 aromatic carbocycles. The average Bonchev–Trinajstić information content (AvgIpc) is 2.09. The minimum Gasteiger partial charge on any atom is -0.433 e. The maximum atomic E-state index is 11.9. The number of hydrogen-bond acceptors (Lipinski definition) is 3. The van der Waals surface area contributed by atoms with Crippen LogP contribution in [0.2, 0.25) is 5.02 Å². The smallest absolute Gasteiger partial charge is 0.387 e. The summed E-state index contributed by atoms with van der Waals surface area (Å²) in [7, 11) is 0. The molecule has 0 unspecified atom stereocenters. The van der Waals surface area contributed by atoms with Crippen LogP contribution in [0, 0.1) is 11.3 Å². The van der Waals surface area contributed by atoms with Gasteiger partial charge in [0.25, 0.3) is 0 Å². The van der Waals surface area contributed by atoms with Gasteiger partial charge in [-0.2, -0.15) is 14.0 Å². The molecule has 0 atom stereocenters. The third-order valence-electron chi connectivity index (χ3n) is 1.44. The van der Waals surface area contributed by atoms with Gasteiger partial charge in [-0.25, -0.2) is 0 Å². The largest absolute Gasteiger partial charge is 0.433 e. The number of nitriles is 1. The minimum absolute atomic E-state index is 0.00755. The summed E-state index contributed by atoms with van der Waals surface area (Å²) in [4.78, 5) is 0. The lowest BCUT2D eigenvalue weighted by molar-refractivity contribution is -0.0493. The summed E-state index contributed by atoms with van der Waals surface area (Å²) in [5.74, 6) is -0.288. The number of halogens is 3. The lowest BCUT2D eigenvalue weighted by Crippen LogP contribution is -2.05. The fourth-order valence-corrected chi connectivity index (χ4v) is 1.09. The maximum absolute atomic E-state index is 11.9. The van der Waals surface area contributed by atoms with E-state index < -0.39 is 6.61 Å². The van der Waals surface area contributed by atoms with Crippen molar-refractivity contribution in [2.24, 2.45) is 0 Å². The number of nitrogens with zero attached hydrogens (tertiary/aromatic N) is 1. The molecule has 0 saturated carbocycles. The van der Waals surface area contributed by atoms with Gasteiger partial charge in [-0.15, -0.1) is 0 Å². The second-order valence-electron chi connectivity index (χ2n) is 2.36. The van der Waals surface area contributed by atoms with Crippen molar-refractivity contribution in [2.45, 2.75) is 6.61 Å². The van der Waals surface area contributed by atoms with Crippen LogP contribution in [0.5, 0.6) is 5.75 Å². The normalized spacial score (nSPS) is 9.93. The first-order valence-electron chi connectivity index (χ1n) is 3.48. The van der Waals surface area contributed by atoms with Gasteiger partial charge in [0.1, 0.15) is 6.07 Å². The van der Waals surface area contributed by atoms with Crippen LogP contribution >= 0.6 is 11.6 Å². The predicted octanol–water partition coefficient (Wildman–Crippen LogP) is 2.40. The van der Waals surface area contributed by atoms with E-state index in [1.165, 1.54) is 6.07 Å². The van der Waals surface area contributed by atoms with Crippen LogP contribution in [-0.2, 0) is 0 Å². The SMILES string of the molecule is N#Cc1cc(Cl)cc(OC(F)F)c1N. The summed E-state index contributed by atoms with van der Waals surface area (Å²) in [5.41, 5.74) is 5.24. The Bertz CT molecular complexity index is 390. The second-order valence-corrected chi connectivity index (χ2v) is 2.79. The molecule has 1 rings (SSSR count). The van der Waals surface area contributed by atoms with Crippen molar-refractivity contribution in [3.63, 3.8) is 0 Å². The third kappa shape index (κ3) is 2.24. The Hall–Kier alpha value is -1.54. The highest BCUT2D eigenvalue weighted by molar-refractivity contribution is 6.31. The zero-order chi connectivity index (χ0) is 10.7. The highest BCUT2D eigenvalue weighted by Gasteiger charge is 2.12. The Morgan fingerprint density at radius 2 is 2.14 bits per heavy atom. The van der Waals surface area contributed by atoms with Crippen LogP contribution in [0.1, 0.15) is 5.56 Å². The molecule has 0 aliphatic rings. The average molecular weight is 219 g/mol. The molecule has 0 aromatic heterocycles. The van der Waals surface area contributed by atoms with Gasteiger partial charge in [-0.1, -0.05) is 11.6 Å². The quantitative estimate of drug-likeness (QED) is 0.776. The van der Waals surface area contributed by atoms with Gasteiger partial charge in [-0.3, -0.25) is 0 Å². The van der Waals surface area contributed by atoms with Crippen LogP contribution in [0.15, 0.2) is 12.1 Å². The molecule has 3 nitrogen and oxygen atoms in total. The number of ether oxygens (including phenoxy) is 1. The van der Waals surface area contributed by atoms with Crippen molar-refractivity contribution >= 4 is 17.3 Å².